The lowest BCUT2D eigenvalue weighted by atomic mass is 10.1. The molecule has 1 atom stereocenters. The minimum Gasteiger partial charge on any atom is -0.489 e. The van der Waals surface area contributed by atoms with Crippen molar-refractivity contribution in [3.8, 4) is 5.75 Å². The van der Waals surface area contributed by atoms with Gasteiger partial charge >= 0.3 is 0 Å². The summed E-state index contributed by atoms with van der Waals surface area (Å²) in [5.41, 5.74) is 0.333. The molecule has 1 aromatic carbocycles. The molecule has 1 rings (SSSR count). The predicted octanol–water partition coefficient (Wildman–Crippen LogP) is 3.88. The van der Waals surface area contributed by atoms with Gasteiger partial charge in [-0.3, -0.25) is 0 Å². The van der Waals surface area contributed by atoms with Gasteiger partial charge in [0.2, 0.25) is 0 Å². The minimum atomic E-state index is -0.802. The third-order valence-electron chi connectivity index (χ3n) is 3.15. The fourth-order valence-corrected chi connectivity index (χ4v) is 2.07. The van der Waals surface area contributed by atoms with Gasteiger partial charge in [-0.25, -0.2) is 0 Å². The molecule has 0 aliphatic rings. The largest absolute Gasteiger partial charge is 0.489 e. The number of hydrogen-bond donors (Lipinski definition) is 2. The molecular weight excluding hydrogens is 318 g/mol. The predicted molar refractivity (Wildman–Crippen MR) is 87.1 cm³/mol. The van der Waals surface area contributed by atoms with Crippen molar-refractivity contribution in [3.63, 3.8) is 0 Å². The zero-order valence-corrected chi connectivity index (χ0v) is 14.7. The highest BCUT2D eigenvalue weighted by molar-refractivity contribution is 9.10. The lowest BCUT2D eigenvalue weighted by Gasteiger charge is -2.25. The van der Waals surface area contributed by atoms with Gasteiger partial charge < -0.3 is 15.2 Å². The zero-order chi connectivity index (χ0) is 15.4. The van der Waals surface area contributed by atoms with E-state index in [0.29, 0.717) is 6.42 Å². The van der Waals surface area contributed by atoms with E-state index < -0.39 is 5.60 Å². The summed E-state index contributed by atoms with van der Waals surface area (Å²) in [7, 11) is 0. The smallest absolute Gasteiger partial charge is 0.138 e. The van der Waals surface area contributed by atoms with Crippen molar-refractivity contribution >= 4 is 15.9 Å². The van der Waals surface area contributed by atoms with Crippen LogP contribution in [0, 0.1) is 0 Å². The molecule has 0 heterocycles. The third-order valence-corrected chi connectivity index (χ3v) is 3.77. The number of benzene rings is 1. The molecular formula is C16H26BrNO2. The Kier molecular flexibility index (Phi) is 6.05. The molecule has 1 unspecified atom stereocenters. The van der Waals surface area contributed by atoms with E-state index in [1.54, 1.807) is 6.92 Å². The van der Waals surface area contributed by atoms with Gasteiger partial charge in [-0.1, -0.05) is 19.1 Å². The first-order valence-electron chi connectivity index (χ1n) is 7.02. The van der Waals surface area contributed by atoms with Crippen LogP contribution in [0.3, 0.4) is 0 Å². The average Bonchev–Trinajstić information content (AvgIpc) is 2.34. The van der Waals surface area contributed by atoms with Gasteiger partial charge in [0.05, 0.1) is 10.1 Å². The Balaban J connectivity index is 2.83. The summed E-state index contributed by atoms with van der Waals surface area (Å²) >= 11 is 3.52. The molecule has 114 valence electrons. The van der Waals surface area contributed by atoms with Crippen molar-refractivity contribution in [2.24, 2.45) is 0 Å². The summed E-state index contributed by atoms with van der Waals surface area (Å²) in [6.45, 7) is 11.2. The summed E-state index contributed by atoms with van der Waals surface area (Å²) in [6, 6.07) is 5.99. The number of para-hydroxylation sites is 1. The van der Waals surface area contributed by atoms with Gasteiger partial charge in [0.1, 0.15) is 12.4 Å². The maximum atomic E-state index is 10.1. The van der Waals surface area contributed by atoms with Crippen molar-refractivity contribution in [2.75, 3.05) is 6.61 Å². The number of halogens is 1. The van der Waals surface area contributed by atoms with E-state index in [1.165, 1.54) is 0 Å². The maximum Gasteiger partial charge on any atom is 0.138 e. The number of rotatable bonds is 6. The highest BCUT2D eigenvalue weighted by Gasteiger charge is 2.20. The molecule has 0 saturated heterocycles. The van der Waals surface area contributed by atoms with Crippen LogP contribution in [0.1, 0.15) is 46.6 Å². The number of nitrogens with one attached hydrogen (secondary N) is 1. The topological polar surface area (TPSA) is 41.5 Å². The van der Waals surface area contributed by atoms with Crippen LogP contribution in [0.4, 0.5) is 0 Å². The molecule has 0 amide bonds. The van der Waals surface area contributed by atoms with Crippen LogP contribution in [0.5, 0.6) is 5.75 Å². The van der Waals surface area contributed by atoms with Crippen LogP contribution in [-0.2, 0) is 6.54 Å². The first-order chi connectivity index (χ1) is 9.14. The van der Waals surface area contributed by atoms with Crippen molar-refractivity contribution in [2.45, 2.75) is 58.7 Å². The molecule has 0 aliphatic carbocycles. The first kappa shape index (κ1) is 17.5. The summed E-state index contributed by atoms with van der Waals surface area (Å²) < 4.78 is 6.77. The number of hydrogen-bond acceptors (Lipinski definition) is 3. The molecule has 20 heavy (non-hydrogen) atoms. The molecule has 0 bridgehead atoms. The van der Waals surface area contributed by atoms with E-state index in [4.69, 9.17) is 4.74 Å². The lowest BCUT2D eigenvalue weighted by Crippen LogP contribution is -2.35. The Morgan fingerprint density at radius 2 is 1.90 bits per heavy atom. The molecule has 0 saturated carbocycles. The van der Waals surface area contributed by atoms with E-state index in [9.17, 15) is 5.11 Å². The van der Waals surface area contributed by atoms with Gasteiger partial charge in [-0.2, -0.15) is 0 Å². The fourth-order valence-electron chi connectivity index (χ4n) is 1.54. The molecule has 2 N–H and O–H groups in total. The molecule has 1 aromatic rings. The highest BCUT2D eigenvalue weighted by atomic mass is 79.9. The Hall–Kier alpha value is -0.580. The van der Waals surface area contributed by atoms with E-state index in [0.717, 1.165) is 22.3 Å². The second-order valence-corrected chi connectivity index (χ2v) is 7.33. The lowest BCUT2D eigenvalue weighted by molar-refractivity contribution is 0.00789. The van der Waals surface area contributed by atoms with Gasteiger partial charge in [0, 0.05) is 17.6 Å². The second kappa shape index (κ2) is 6.92. The quantitative estimate of drug-likeness (QED) is 0.823. The fraction of sp³-hybridized carbons (Fsp3) is 0.625. The van der Waals surface area contributed by atoms with Crippen LogP contribution in [0.2, 0.25) is 0 Å². The van der Waals surface area contributed by atoms with E-state index in [1.807, 2.05) is 25.1 Å². The van der Waals surface area contributed by atoms with Crippen LogP contribution in [0.15, 0.2) is 22.7 Å². The summed E-state index contributed by atoms with van der Waals surface area (Å²) in [5.74, 6) is 0.804. The molecule has 4 heteroatoms. The van der Waals surface area contributed by atoms with Crippen molar-refractivity contribution in [3.05, 3.63) is 28.2 Å². The summed E-state index contributed by atoms with van der Waals surface area (Å²) in [4.78, 5) is 0. The third kappa shape index (κ3) is 5.81. The van der Waals surface area contributed by atoms with E-state index >= 15 is 0 Å². The van der Waals surface area contributed by atoms with E-state index in [2.05, 4.69) is 42.0 Å². The summed E-state index contributed by atoms with van der Waals surface area (Å²) in [5, 5.41) is 13.5. The van der Waals surface area contributed by atoms with Gasteiger partial charge in [0.25, 0.3) is 0 Å². The van der Waals surface area contributed by atoms with Crippen LogP contribution in [-0.4, -0.2) is 22.9 Å². The number of aliphatic hydroxyl groups is 1. The number of ether oxygens (including phenoxy) is 1. The van der Waals surface area contributed by atoms with Crippen molar-refractivity contribution < 1.29 is 9.84 Å². The van der Waals surface area contributed by atoms with Crippen LogP contribution < -0.4 is 10.1 Å². The van der Waals surface area contributed by atoms with Gasteiger partial charge in [-0.05, 0) is 56.1 Å². The van der Waals surface area contributed by atoms with E-state index in [-0.39, 0.29) is 12.1 Å². The maximum absolute atomic E-state index is 10.1. The van der Waals surface area contributed by atoms with Crippen LogP contribution in [0.25, 0.3) is 0 Å². The van der Waals surface area contributed by atoms with Crippen molar-refractivity contribution in [1.29, 1.82) is 0 Å². The molecule has 0 radical (unpaired) electrons. The Bertz CT molecular complexity index is 439. The van der Waals surface area contributed by atoms with Crippen molar-refractivity contribution in [1.82, 2.24) is 5.32 Å². The summed E-state index contributed by atoms with van der Waals surface area (Å²) in [6.07, 6.45) is 0.660. The molecule has 0 aliphatic heterocycles. The zero-order valence-electron chi connectivity index (χ0n) is 13.1. The molecule has 0 fully saturated rings. The molecule has 0 spiro atoms. The standard InChI is InChI=1S/C16H26BrNO2/c1-6-16(5,19)11-20-14-12(8-7-9-13(14)17)10-18-15(2,3)4/h7-9,18-19H,6,10-11H2,1-5H3. The normalized spacial score (nSPS) is 14.9. The molecule has 0 aromatic heterocycles. The molecule has 3 nitrogen and oxygen atoms in total. The monoisotopic (exact) mass is 343 g/mol. The average molecular weight is 344 g/mol. The first-order valence-corrected chi connectivity index (χ1v) is 7.81. The Labute approximate surface area is 130 Å². The second-order valence-electron chi connectivity index (χ2n) is 6.47. The van der Waals surface area contributed by atoms with Gasteiger partial charge in [-0.15, -0.1) is 0 Å². The Morgan fingerprint density at radius 3 is 2.45 bits per heavy atom. The van der Waals surface area contributed by atoms with Crippen LogP contribution >= 0.6 is 15.9 Å². The minimum absolute atomic E-state index is 0.0501. The SMILES string of the molecule is CCC(C)(O)COc1c(Br)cccc1CNC(C)(C)C. The Morgan fingerprint density at radius 1 is 1.25 bits per heavy atom. The highest BCUT2D eigenvalue weighted by Crippen LogP contribution is 2.30. The van der Waals surface area contributed by atoms with Gasteiger partial charge in [0.15, 0.2) is 0 Å².